The Morgan fingerprint density at radius 2 is 2.05 bits per heavy atom. The van der Waals surface area contributed by atoms with Gasteiger partial charge >= 0.3 is 0 Å². The van der Waals surface area contributed by atoms with Gasteiger partial charge in [-0.3, -0.25) is 4.79 Å². The molecule has 0 bridgehead atoms. The standard InChI is InChI=1S/C17H20ClNOS/c18-11-3-6-14-5-1-7-15(13-14)19-17(20)10-2-8-16-9-4-12-21-16/h1,4-5,7,9,12-13H,2-3,6,8,10-11H2,(H,19,20). The van der Waals surface area contributed by atoms with Gasteiger partial charge in [-0.25, -0.2) is 0 Å². The first-order valence-electron chi connectivity index (χ1n) is 7.25. The summed E-state index contributed by atoms with van der Waals surface area (Å²) in [7, 11) is 0. The van der Waals surface area contributed by atoms with Crippen molar-refractivity contribution in [3.8, 4) is 0 Å². The minimum absolute atomic E-state index is 0.0843. The summed E-state index contributed by atoms with van der Waals surface area (Å²) < 4.78 is 0. The number of nitrogens with one attached hydrogen (secondary N) is 1. The summed E-state index contributed by atoms with van der Waals surface area (Å²) in [6, 6.07) is 12.2. The van der Waals surface area contributed by atoms with E-state index in [1.54, 1.807) is 11.3 Å². The zero-order valence-electron chi connectivity index (χ0n) is 12.0. The van der Waals surface area contributed by atoms with Crippen LogP contribution in [0.3, 0.4) is 0 Å². The SMILES string of the molecule is O=C(CCCc1cccs1)Nc1cccc(CCCCl)c1. The highest BCUT2D eigenvalue weighted by atomic mass is 35.5. The lowest BCUT2D eigenvalue weighted by atomic mass is 10.1. The highest BCUT2D eigenvalue weighted by Crippen LogP contribution is 2.15. The van der Waals surface area contributed by atoms with Gasteiger partial charge in [0.15, 0.2) is 0 Å². The summed E-state index contributed by atoms with van der Waals surface area (Å²) >= 11 is 7.45. The van der Waals surface area contributed by atoms with Crippen molar-refractivity contribution in [2.24, 2.45) is 0 Å². The van der Waals surface area contributed by atoms with Gasteiger partial charge in [0, 0.05) is 22.9 Å². The van der Waals surface area contributed by atoms with Crippen molar-refractivity contribution in [3.63, 3.8) is 0 Å². The third-order valence-corrected chi connectivity index (χ3v) is 4.42. The summed E-state index contributed by atoms with van der Waals surface area (Å²) in [4.78, 5) is 13.3. The van der Waals surface area contributed by atoms with Crippen molar-refractivity contribution in [2.75, 3.05) is 11.2 Å². The van der Waals surface area contributed by atoms with Crippen molar-refractivity contribution >= 4 is 34.5 Å². The average molecular weight is 322 g/mol. The monoisotopic (exact) mass is 321 g/mol. The number of thiophene rings is 1. The number of alkyl halides is 1. The quantitative estimate of drug-likeness (QED) is 0.690. The molecule has 1 amide bonds. The molecule has 2 rings (SSSR count). The zero-order valence-corrected chi connectivity index (χ0v) is 13.6. The molecule has 0 aliphatic carbocycles. The van der Waals surface area contributed by atoms with Crippen LogP contribution in [0.1, 0.15) is 29.7 Å². The lowest BCUT2D eigenvalue weighted by Gasteiger charge is -2.07. The van der Waals surface area contributed by atoms with Crippen LogP contribution in [0.15, 0.2) is 41.8 Å². The van der Waals surface area contributed by atoms with Crippen LogP contribution in [-0.4, -0.2) is 11.8 Å². The third kappa shape index (κ3) is 5.90. The Morgan fingerprint density at radius 3 is 2.81 bits per heavy atom. The molecule has 0 aliphatic heterocycles. The number of halogens is 1. The van der Waals surface area contributed by atoms with E-state index in [0.717, 1.165) is 31.4 Å². The first kappa shape index (κ1) is 16.1. The second-order valence-electron chi connectivity index (χ2n) is 4.97. The van der Waals surface area contributed by atoms with Gasteiger partial charge in [-0.1, -0.05) is 18.2 Å². The maximum Gasteiger partial charge on any atom is 0.224 e. The summed E-state index contributed by atoms with van der Waals surface area (Å²) in [5, 5.41) is 5.04. The Labute approximate surface area is 135 Å². The molecule has 4 heteroatoms. The fraction of sp³-hybridized carbons (Fsp3) is 0.353. The van der Waals surface area contributed by atoms with Crippen molar-refractivity contribution in [1.82, 2.24) is 0 Å². The number of aryl methyl sites for hydroxylation is 2. The van der Waals surface area contributed by atoms with E-state index >= 15 is 0 Å². The number of carbonyl (C=O) groups excluding carboxylic acids is 1. The Bertz CT molecular complexity index is 554. The molecule has 0 spiro atoms. The maximum atomic E-state index is 11.9. The number of rotatable bonds is 8. The minimum Gasteiger partial charge on any atom is -0.326 e. The van der Waals surface area contributed by atoms with Crippen LogP contribution >= 0.6 is 22.9 Å². The van der Waals surface area contributed by atoms with Crippen LogP contribution in [0.4, 0.5) is 5.69 Å². The first-order valence-corrected chi connectivity index (χ1v) is 8.66. The molecule has 0 aliphatic rings. The van der Waals surface area contributed by atoms with Crippen LogP contribution < -0.4 is 5.32 Å². The summed E-state index contributed by atoms with van der Waals surface area (Å²) in [5.41, 5.74) is 2.09. The van der Waals surface area contributed by atoms with E-state index < -0.39 is 0 Å². The first-order chi connectivity index (χ1) is 10.3. The zero-order chi connectivity index (χ0) is 14.9. The number of anilines is 1. The molecule has 1 N–H and O–H groups in total. The fourth-order valence-electron chi connectivity index (χ4n) is 2.18. The van der Waals surface area contributed by atoms with Crippen molar-refractivity contribution in [3.05, 3.63) is 52.2 Å². The molecule has 112 valence electrons. The van der Waals surface area contributed by atoms with Gasteiger partial charge in [-0.15, -0.1) is 22.9 Å². The molecule has 2 aromatic rings. The topological polar surface area (TPSA) is 29.1 Å². The summed E-state index contributed by atoms with van der Waals surface area (Å²) in [6.45, 7) is 0. The molecule has 0 fully saturated rings. The Kier molecular flexibility index (Phi) is 6.77. The number of hydrogen-bond donors (Lipinski definition) is 1. The van der Waals surface area contributed by atoms with Gasteiger partial charge in [0.25, 0.3) is 0 Å². The summed E-state index contributed by atoms with van der Waals surface area (Å²) in [6.07, 6.45) is 4.33. The number of carbonyl (C=O) groups is 1. The molecule has 1 aromatic heterocycles. The highest BCUT2D eigenvalue weighted by Gasteiger charge is 2.04. The van der Waals surface area contributed by atoms with E-state index in [1.807, 2.05) is 24.3 Å². The van der Waals surface area contributed by atoms with Crippen molar-refractivity contribution in [2.45, 2.75) is 32.1 Å². The van der Waals surface area contributed by atoms with E-state index in [4.69, 9.17) is 11.6 Å². The third-order valence-electron chi connectivity index (χ3n) is 3.22. The smallest absolute Gasteiger partial charge is 0.224 e. The fourth-order valence-corrected chi connectivity index (χ4v) is 3.06. The predicted octanol–water partition coefficient (Wildman–Crippen LogP) is 4.88. The van der Waals surface area contributed by atoms with E-state index in [1.165, 1.54) is 10.4 Å². The van der Waals surface area contributed by atoms with Crippen LogP contribution in [0.5, 0.6) is 0 Å². The molecular formula is C17H20ClNOS. The number of hydrogen-bond acceptors (Lipinski definition) is 2. The Balaban J connectivity index is 1.76. The molecule has 21 heavy (non-hydrogen) atoms. The van der Waals surface area contributed by atoms with Crippen molar-refractivity contribution in [1.29, 1.82) is 0 Å². The normalized spacial score (nSPS) is 10.5. The highest BCUT2D eigenvalue weighted by molar-refractivity contribution is 7.09. The molecule has 0 atom stereocenters. The van der Waals surface area contributed by atoms with Gasteiger partial charge in [-0.2, -0.15) is 0 Å². The van der Waals surface area contributed by atoms with E-state index in [0.29, 0.717) is 12.3 Å². The van der Waals surface area contributed by atoms with Crippen LogP contribution in [-0.2, 0) is 17.6 Å². The van der Waals surface area contributed by atoms with Crippen molar-refractivity contribution < 1.29 is 4.79 Å². The minimum atomic E-state index is 0.0843. The second kappa shape index (κ2) is 8.85. The van der Waals surface area contributed by atoms with Gasteiger partial charge in [-0.05, 0) is 54.8 Å². The van der Waals surface area contributed by atoms with Gasteiger partial charge in [0.1, 0.15) is 0 Å². The Morgan fingerprint density at radius 1 is 1.14 bits per heavy atom. The maximum absolute atomic E-state index is 11.9. The molecule has 0 saturated heterocycles. The van der Waals surface area contributed by atoms with Gasteiger partial charge in [0.2, 0.25) is 5.91 Å². The van der Waals surface area contributed by atoms with E-state index in [9.17, 15) is 4.79 Å². The average Bonchev–Trinajstić information content (AvgIpc) is 2.99. The molecule has 2 nitrogen and oxygen atoms in total. The van der Waals surface area contributed by atoms with Crippen LogP contribution in [0, 0.1) is 0 Å². The summed E-state index contributed by atoms with van der Waals surface area (Å²) in [5.74, 6) is 0.750. The van der Waals surface area contributed by atoms with Crippen LogP contribution in [0.25, 0.3) is 0 Å². The molecule has 1 heterocycles. The molecule has 1 aromatic carbocycles. The predicted molar refractivity (Wildman–Crippen MR) is 91.4 cm³/mol. The second-order valence-corrected chi connectivity index (χ2v) is 6.38. The molecule has 0 radical (unpaired) electrons. The molecule has 0 unspecified atom stereocenters. The number of amides is 1. The lowest BCUT2D eigenvalue weighted by Crippen LogP contribution is -2.11. The Hall–Kier alpha value is -1.32. The van der Waals surface area contributed by atoms with Crippen LogP contribution in [0.2, 0.25) is 0 Å². The lowest BCUT2D eigenvalue weighted by molar-refractivity contribution is -0.116. The largest absolute Gasteiger partial charge is 0.326 e. The molecule has 0 saturated carbocycles. The number of benzene rings is 1. The molecular weight excluding hydrogens is 302 g/mol. The van der Waals surface area contributed by atoms with E-state index in [2.05, 4.69) is 22.8 Å². The van der Waals surface area contributed by atoms with E-state index in [-0.39, 0.29) is 5.91 Å². The van der Waals surface area contributed by atoms with Gasteiger partial charge < -0.3 is 5.32 Å². The van der Waals surface area contributed by atoms with Gasteiger partial charge in [0.05, 0.1) is 0 Å².